The Morgan fingerprint density at radius 1 is 0.595 bits per heavy atom. The fraction of sp³-hybridized carbons (Fsp3) is 0.625. The number of esters is 3. The van der Waals surface area contributed by atoms with Crippen LogP contribution < -0.4 is 0 Å². The number of hydrogen-bond donors (Lipinski definition) is 0. The Hall–Kier alpha value is -1.62. The lowest BCUT2D eigenvalue weighted by molar-refractivity contribution is -0.241. The Morgan fingerprint density at radius 2 is 0.865 bits per heavy atom. The molecule has 0 aromatic rings. The van der Waals surface area contributed by atoms with Gasteiger partial charge in [-0.3, -0.25) is 0 Å². The molecule has 0 saturated carbocycles. The Kier molecular flexibility index (Phi) is 11.9. The molecule has 1 unspecified atom stereocenters. The molecule has 0 radical (unpaired) electrons. The fourth-order valence-electron chi connectivity index (χ4n) is 2.83. The molecule has 0 N–H and O–H groups in total. The number of ether oxygens (including phenoxy) is 3. The molecule has 0 aliphatic carbocycles. The maximum absolute atomic E-state index is 13.2. The smallest absolute Gasteiger partial charge is 0.451 e. The molecule has 0 rings (SSSR count). The Bertz CT molecular complexity index is 855. The summed E-state index contributed by atoms with van der Waals surface area (Å²) in [6.07, 6.45) is -1.42. The lowest BCUT2D eigenvalue weighted by atomic mass is 10.3. The van der Waals surface area contributed by atoms with E-state index in [-0.39, 0.29) is 16.7 Å². The van der Waals surface area contributed by atoms with Crippen molar-refractivity contribution in [2.75, 3.05) is 0 Å². The lowest BCUT2D eigenvalue weighted by Gasteiger charge is -2.51. The molecule has 212 valence electrons. The van der Waals surface area contributed by atoms with Gasteiger partial charge < -0.3 is 26.6 Å². The highest BCUT2D eigenvalue weighted by Gasteiger charge is 2.75. The molecule has 9 nitrogen and oxygen atoms in total. The van der Waals surface area contributed by atoms with Crippen LogP contribution in [0.15, 0.2) is 36.5 Å². The van der Waals surface area contributed by atoms with Gasteiger partial charge in [-0.1, -0.05) is 19.7 Å². The van der Waals surface area contributed by atoms with Crippen molar-refractivity contribution in [2.24, 2.45) is 0 Å². The predicted molar refractivity (Wildman–Crippen MR) is 154 cm³/mol. The van der Waals surface area contributed by atoms with E-state index < -0.39 is 63.2 Å². The molecule has 0 heterocycles. The monoisotopic (exact) mass is 590 g/mol. The molecule has 0 amide bonds. The summed E-state index contributed by atoms with van der Waals surface area (Å²) in [5.41, 5.74) is -2.28. The van der Waals surface area contributed by atoms with Crippen molar-refractivity contribution in [2.45, 2.75) is 98.1 Å². The van der Waals surface area contributed by atoms with Crippen LogP contribution in [0.3, 0.4) is 0 Å². The molecule has 0 aromatic carbocycles. The SMILES string of the molecule is C=C(C)C(=O)OC(C)C(OC(=O)C(=C)C)(OC(=O)C(=C)C)[Si](O[Si](C)(C)C)(O[Si](C)(C)C)O[Si](C)(C)C. The minimum absolute atomic E-state index is 0.0195. The molecule has 0 aliphatic heterocycles. The summed E-state index contributed by atoms with van der Waals surface area (Å²) in [6, 6.07) is 0. The number of rotatable bonds is 14. The fourth-order valence-corrected chi connectivity index (χ4v) is 16.8. The zero-order valence-corrected chi connectivity index (χ0v) is 28.9. The Morgan fingerprint density at radius 3 is 1.08 bits per heavy atom. The summed E-state index contributed by atoms with van der Waals surface area (Å²) in [4.78, 5) is 39.0. The number of carbonyl (C=O) groups excluding carboxylic acids is 3. The summed E-state index contributed by atoms with van der Waals surface area (Å²) in [5, 5.41) is 0. The van der Waals surface area contributed by atoms with Crippen molar-refractivity contribution in [1.29, 1.82) is 0 Å². The summed E-state index contributed by atoms with van der Waals surface area (Å²) in [6.45, 7) is 34.0. The van der Waals surface area contributed by atoms with Crippen LogP contribution in [0.2, 0.25) is 58.9 Å². The van der Waals surface area contributed by atoms with Gasteiger partial charge in [-0.25, -0.2) is 14.4 Å². The van der Waals surface area contributed by atoms with E-state index in [1.807, 2.05) is 58.9 Å². The van der Waals surface area contributed by atoms with E-state index in [0.717, 1.165) is 0 Å². The summed E-state index contributed by atoms with van der Waals surface area (Å²) < 4.78 is 37.9. The lowest BCUT2D eigenvalue weighted by Crippen LogP contribution is -2.78. The minimum Gasteiger partial charge on any atom is -0.451 e. The van der Waals surface area contributed by atoms with Gasteiger partial charge in [0.05, 0.1) is 0 Å². The van der Waals surface area contributed by atoms with E-state index >= 15 is 0 Å². The summed E-state index contributed by atoms with van der Waals surface area (Å²) in [5.74, 6) is -2.59. The number of carbonyl (C=O) groups is 3. The molecule has 13 heteroatoms. The molecule has 1 atom stereocenters. The van der Waals surface area contributed by atoms with Crippen molar-refractivity contribution < 1.29 is 40.9 Å². The van der Waals surface area contributed by atoms with Crippen LogP contribution in [0.5, 0.6) is 0 Å². The first-order chi connectivity index (χ1) is 16.3. The van der Waals surface area contributed by atoms with Crippen molar-refractivity contribution in [1.82, 2.24) is 0 Å². The highest BCUT2D eigenvalue weighted by Crippen LogP contribution is 2.41. The maximum Gasteiger partial charge on any atom is 0.565 e. The van der Waals surface area contributed by atoms with Crippen LogP contribution in [0, 0.1) is 0 Å². The van der Waals surface area contributed by atoms with Gasteiger partial charge in [0.15, 0.2) is 31.1 Å². The molecule has 0 bridgehead atoms. The van der Waals surface area contributed by atoms with Crippen LogP contribution >= 0.6 is 0 Å². The molecule has 0 spiro atoms. The van der Waals surface area contributed by atoms with Crippen molar-refractivity contribution in [3.63, 3.8) is 0 Å². The molecule has 37 heavy (non-hydrogen) atoms. The van der Waals surface area contributed by atoms with Gasteiger partial charge in [0.25, 0.3) is 0 Å². The zero-order valence-electron chi connectivity index (χ0n) is 24.9. The second-order valence-corrected chi connectivity index (χ2v) is 29.0. The van der Waals surface area contributed by atoms with Gasteiger partial charge >= 0.3 is 32.1 Å². The van der Waals surface area contributed by atoms with E-state index in [9.17, 15) is 14.4 Å². The van der Waals surface area contributed by atoms with Gasteiger partial charge in [-0.2, -0.15) is 0 Å². The van der Waals surface area contributed by atoms with Crippen molar-refractivity contribution >= 4 is 51.7 Å². The van der Waals surface area contributed by atoms with Gasteiger partial charge in [0.2, 0.25) is 0 Å². The standard InChI is InChI=1S/C24H46O9Si4/c1-17(2)21(25)28-20(7)24(29-22(26)18(3)4,30-23(27)19(5)6)37(31-34(8,9)10,32-35(11,12)13)33-36(14,15)16/h20H,1,3,5H2,2,4,6-16H3. The molecular weight excluding hydrogens is 545 g/mol. The van der Waals surface area contributed by atoms with Gasteiger partial charge in [-0.05, 0) is 86.6 Å². The molecule has 0 aliphatic rings. The summed E-state index contributed by atoms with van der Waals surface area (Å²) >= 11 is 0. The average Bonchev–Trinajstić information content (AvgIpc) is 2.62. The van der Waals surface area contributed by atoms with E-state index in [4.69, 9.17) is 26.6 Å². The van der Waals surface area contributed by atoms with Gasteiger partial charge in [0, 0.05) is 16.7 Å². The topological polar surface area (TPSA) is 107 Å². The zero-order chi connectivity index (χ0) is 29.8. The van der Waals surface area contributed by atoms with Crippen LogP contribution in [0.1, 0.15) is 27.7 Å². The van der Waals surface area contributed by atoms with Crippen LogP contribution in [0.4, 0.5) is 0 Å². The van der Waals surface area contributed by atoms with E-state index in [2.05, 4.69) is 19.7 Å². The molecule has 0 fully saturated rings. The molecule has 0 saturated heterocycles. The van der Waals surface area contributed by atoms with Crippen LogP contribution in [-0.4, -0.2) is 63.2 Å². The largest absolute Gasteiger partial charge is 0.565 e. The Balaban J connectivity index is 7.94. The Labute approximate surface area is 226 Å². The third kappa shape index (κ3) is 10.9. The van der Waals surface area contributed by atoms with E-state index in [0.29, 0.717) is 0 Å². The third-order valence-electron chi connectivity index (χ3n) is 4.10. The first-order valence-corrected chi connectivity index (χ1v) is 24.0. The highest BCUT2D eigenvalue weighted by molar-refractivity contribution is 6.91. The maximum atomic E-state index is 13.2. The highest BCUT2D eigenvalue weighted by atomic mass is 28.5. The quantitative estimate of drug-likeness (QED) is 0.113. The van der Waals surface area contributed by atoms with Gasteiger partial charge in [-0.15, -0.1) is 0 Å². The van der Waals surface area contributed by atoms with Crippen LogP contribution in [-0.2, 0) is 40.9 Å². The third-order valence-corrected chi connectivity index (χ3v) is 16.1. The first kappa shape index (κ1) is 35.4. The van der Waals surface area contributed by atoms with E-state index in [1.165, 1.54) is 27.7 Å². The normalized spacial score (nSPS) is 13.9. The average molecular weight is 591 g/mol. The predicted octanol–water partition coefficient (Wildman–Crippen LogP) is 5.46. The van der Waals surface area contributed by atoms with Gasteiger partial charge in [0.1, 0.15) is 0 Å². The van der Waals surface area contributed by atoms with Crippen LogP contribution in [0.25, 0.3) is 0 Å². The molecule has 0 aromatic heterocycles. The van der Waals surface area contributed by atoms with Crippen molar-refractivity contribution in [3.8, 4) is 0 Å². The molecular formula is C24H46O9Si4. The minimum atomic E-state index is -4.45. The van der Waals surface area contributed by atoms with E-state index in [1.54, 1.807) is 0 Å². The van der Waals surface area contributed by atoms with Crippen molar-refractivity contribution in [3.05, 3.63) is 36.5 Å². The number of hydrogen-bond acceptors (Lipinski definition) is 9. The second-order valence-electron chi connectivity index (χ2n) is 12.0. The summed E-state index contributed by atoms with van der Waals surface area (Å²) in [7, 11) is -12.2. The second kappa shape index (κ2) is 12.5. The first-order valence-electron chi connectivity index (χ1n) is 12.0.